The van der Waals surface area contributed by atoms with E-state index in [2.05, 4.69) is 42.2 Å². The number of amides is 1. The van der Waals surface area contributed by atoms with Gasteiger partial charge in [-0.15, -0.1) is 0 Å². The lowest BCUT2D eigenvalue weighted by molar-refractivity contribution is -0.459. The van der Waals surface area contributed by atoms with Crippen molar-refractivity contribution in [3.8, 4) is 0 Å². The van der Waals surface area contributed by atoms with Crippen LogP contribution in [0, 0.1) is 6.92 Å². The molecular formula is C23H32N2O5. The second kappa shape index (κ2) is 13.5. The van der Waals surface area contributed by atoms with E-state index in [0.29, 0.717) is 0 Å². The number of carboxylic acids is 1. The van der Waals surface area contributed by atoms with Gasteiger partial charge in [-0.3, -0.25) is 4.79 Å². The molecule has 2 atom stereocenters. The maximum absolute atomic E-state index is 10.7. The van der Waals surface area contributed by atoms with Crippen molar-refractivity contribution in [1.82, 2.24) is 5.32 Å². The van der Waals surface area contributed by atoms with Crippen LogP contribution in [-0.4, -0.2) is 44.5 Å². The summed E-state index contributed by atoms with van der Waals surface area (Å²) in [6.45, 7) is 3.36. The van der Waals surface area contributed by atoms with Crippen molar-refractivity contribution in [3.63, 3.8) is 0 Å². The average Bonchev–Trinajstić information content (AvgIpc) is 2.71. The minimum absolute atomic E-state index is 0.114. The fraction of sp³-hybridized carbons (Fsp3) is 0.391. The summed E-state index contributed by atoms with van der Waals surface area (Å²) in [5, 5.41) is 13.0. The molecule has 0 aliphatic heterocycles. The van der Waals surface area contributed by atoms with E-state index in [0.717, 1.165) is 12.0 Å². The number of methoxy groups -OCH3 is 2. The zero-order valence-electron chi connectivity index (χ0n) is 18.1. The van der Waals surface area contributed by atoms with Crippen LogP contribution in [0.25, 0.3) is 0 Å². The molecule has 164 valence electrons. The zero-order chi connectivity index (χ0) is 22.5. The van der Waals surface area contributed by atoms with Gasteiger partial charge in [0.05, 0.1) is 12.0 Å². The van der Waals surface area contributed by atoms with Gasteiger partial charge in [0.15, 0.2) is 0 Å². The molecule has 30 heavy (non-hydrogen) atoms. The van der Waals surface area contributed by atoms with Crippen molar-refractivity contribution in [3.05, 3.63) is 71.3 Å². The Morgan fingerprint density at radius 3 is 1.97 bits per heavy atom. The van der Waals surface area contributed by atoms with Gasteiger partial charge < -0.3 is 30.4 Å². The molecule has 2 aromatic carbocycles. The molecule has 0 aromatic heterocycles. The Morgan fingerprint density at radius 1 is 0.967 bits per heavy atom. The maximum Gasteiger partial charge on any atom is 0.217 e. The van der Waals surface area contributed by atoms with Crippen molar-refractivity contribution < 1.29 is 29.9 Å². The van der Waals surface area contributed by atoms with E-state index in [1.807, 2.05) is 18.2 Å². The molecule has 4 N–H and O–H groups in total. The van der Waals surface area contributed by atoms with Crippen LogP contribution in [0.5, 0.6) is 0 Å². The second-order valence-electron chi connectivity index (χ2n) is 7.05. The van der Waals surface area contributed by atoms with Crippen LogP contribution < -0.4 is 16.2 Å². The molecule has 7 nitrogen and oxygen atoms in total. The number of aryl methyl sites for hydroxylation is 1. The number of carbonyl (C=O) groups excluding carboxylic acids is 2. The Balaban J connectivity index is 0.000000300. The molecule has 0 heterocycles. The Bertz CT molecular complexity index is 761. The molecule has 0 unspecified atom stereocenters. The standard InChI is InChI=1S/C12H19NO2.C11H13NO3/c1-9-4-6-10(7-5-9)8-11(13)12(14-2)15-3;1-8(13)12-10(11(14)15)7-9-5-3-2-4-6-9/h4-7,11-12H,8,13H2,1-3H3;2-6,10H,7H2,1H3,(H,12,13)(H,14,15)/t11-;10-/m10/s1. The van der Waals surface area contributed by atoms with Crippen molar-refractivity contribution in [1.29, 1.82) is 0 Å². The van der Waals surface area contributed by atoms with Gasteiger partial charge in [0.2, 0.25) is 12.2 Å². The molecule has 0 aliphatic rings. The molecule has 0 saturated heterocycles. The molecule has 0 saturated carbocycles. The normalized spacial score (nSPS) is 12.5. The molecule has 7 heteroatoms. The molecular weight excluding hydrogens is 384 g/mol. The highest BCUT2D eigenvalue weighted by Crippen LogP contribution is 2.08. The summed E-state index contributed by atoms with van der Waals surface area (Å²) in [4.78, 5) is 21.5. The number of benzene rings is 2. The quantitative estimate of drug-likeness (QED) is 0.569. The highest BCUT2D eigenvalue weighted by molar-refractivity contribution is 5.81. The number of aliphatic carboxylic acids is 1. The van der Waals surface area contributed by atoms with Crippen LogP contribution >= 0.6 is 0 Å². The zero-order valence-corrected chi connectivity index (χ0v) is 18.1. The summed E-state index contributed by atoms with van der Waals surface area (Å²) in [6.07, 6.45) is 0.876. The van der Waals surface area contributed by atoms with Crippen LogP contribution in [0.2, 0.25) is 0 Å². The third-order valence-electron chi connectivity index (χ3n) is 4.41. The molecule has 0 aliphatic carbocycles. The summed E-state index contributed by atoms with van der Waals surface area (Å²) in [6, 6.07) is 16.7. The SMILES string of the molecule is CC(=O)N[C@@H](Cc1ccccc1)C(=O)[O-].COC(OC)[C@H]([NH3+])Cc1ccc(C)cc1. The van der Waals surface area contributed by atoms with E-state index in [4.69, 9.17) is 9.47 Å². The lowest BCUT2D eigenvalue weighted by Gasteiger charge is -2.18. The fourth-order valence-corrected chi connectivity index (χ4v) is 2.89. The predicted octanol–water partition coefficient (Wildman–Crippen LogP) is 0.251. The van der Waals surface area contributed by atoms with Gasteiger partial charge in [0, 0.05) is 27.6 Å². The molecule has 0 bridgehead atoms. The van der Waals surface area contributed by atoms with E-state index in [9.17, 15) is 14.7 Å². The van der Waals surface area contributed by atoms with Crippen LogP contribution in [0.3, 0.4) is 0 Å². The number of rotatable bonds is 9. The third-order valence-corrected chi connectivity index (χ3v) is 4.41. The van der Waals surface area contributed by atoms with E-state index >= 15 is 0 Å². The summed E-state index contributed by atoms with van der Waals surface area (Å²) >= 11 is 0. The summed E-state index contributed by atoms with van der Waals surface area (Å²) < 4.78 is 10.3. The van der Waals surface area contributed by atoms with E-state index in [1.54, 1.807) is 26.4 Å². The van der Waals surface area contributed by atoms with Gasteiger partial charge in [0.25, 0.3) is 0 Å². The number of ether oxygens (including phenoxy) is 2. The fourth-order valence-electron chi connectivity index (χ4n) is 2.89. The first-order valence-corrected chi connectivity index (χ1v) is 9.72. The van der Waals surface area contributed by atoms with Gasteiger partial charge in [-0.1, -0.05) is 60.2 Å². The highest BCUT2D eigenvalue weighted by atomic mass is 16.7. The Morgan fingerprint density at radius 2 is 1.50 bits per heavy atom. The Kier molecular flexibility index (Phi) is 11.4. The van der Waals surface area contributed by atoms with Crippen LogP contribution in [-0.2, 0) is 31.9 Å². The van der Waals surface area contributed by atoms with Crippen molar-refractivity contribution in [2.75, 3.05) is 14.2 Å². The number of carboxylic acid groups (broad SMARTS) is 1. The summed E-state index contributed by atoms with van der Waals surface area (Å²) in [7, 11) is 3.28. The van der Waals surface area contributed by atoms with Crippen LogP contribution in [0.4, 0.5) is 0 Å². The average molecular weight is 417 g/mol. The molecule has 0 radical (unpaired) electrons. The van der Waals surface area contributed by atoms with E-state index in [1.165, 1.54) is 18.1 Å². The maximum atomic E-state index is 10.7. The number of nitrogens with one attached hydrogen (secondary N) is 1. The van der Waals surface area contributed by atoms with E-state index < -0.39 is 12.0 Å². The third kappa shape index (κ3) is 9.65. The highest BCUT2D eigenvalue weighted by Gasteiger charge is 2.20. The monoisotopic (exact) mass is 416 g/mol. The molecule has 0 spiro atoms. The lowest BCUT2D eigenvalue weighted by atomic mass is 10.0. The van der Waals surface area contributed by atoms with Crippen LogP contribution in [0.1, 0.15) is 23.6 Å². The summed E-state index contributed by atoms with van der Waals surface area (Å²) in [5.74, 6) is -1.64. The lowest BCUT2D eigenvalue weighted by Crippen LogP contribution is -2.68. The largest absolute Gasteiger partial charge is 0.548 e. The van der Waals surface area contributed by atoms with Gasteiger partial charge >= 0.3 is 0 Å². The van der Waals surface area contributed by atoms with Crippen molar-refractivity contribution >= 4 is 11.9 Å². The smallest absolute Gasteiger partial charge is 0.217 e. The first kappa shape index (κ1) is 25.3. The number of carbonyl (C=O) groups is 2. The van der Waals surface area contributed by atoms with Crippen LogP contribution in [0.15, 0.2) is 54.6 Å². The first-order chi connectivity index (χ1) is 14.3. The van der Waals surface area contributed by atoms with E-state index in [-0.39, 0.29) is 24.7 Å². The van der Waals surface area contributed by atoms with Gasteiger partial charge in [-0.05, 0) is 24.5 Å². The van der Waals surface area contributed by atoms with Gasteiger partial charge in [-0.2, -0.15) is 0 Å². The number of hydrogen-bond acceptors (Lipinski definition) is 5. The topological polar surface area (TPSA) is 115 Å². The van der Waals surface area contributed by atoms with Gasteiger partial charge in [-0.25, -0.2) is 0 Å². The Labute approximate surface area is 178 Å². The molecule has 2 aromatic rings. The molecule has 1 amide bonds. The number of quaternary nitrogens is 1. The van der Waals surface area contributed by atoms with Crippen molar-refractivity contribution in [2.45, 2.75) is 45.1 Å². The molecule has 0 fully saturated rings. The minimum Gasteiger partial charge on any atom is -0.548 e. The Hall–Kier alpha value is -2.74. The first-order valence-electron chi connectivity index (χ1n) is 9.72. The molecule has 2 rings (SSSR count). The minimum atomic E-state index is -1.27. The van der Waals surface area contributed by atoms with Crippen molar-refractivity contribution in [2.24, 2.45) is 0 Å². The summed E-state index contributed by atoms with van der Waals surface area (Å²) in [5.41, 5.74) is 7.43. The number of hydrogen-bond donors (Lipinski definition) is 2. The predicted molar refractivity (Wildman–Crippen MR) is 112 cm³/mol. The van der Waals surface area contributed by atoms with Gasteiger partial charge in [0.1, 0.15) is 6.04 Å². The second-order valence-corrected chi connectivity index (χ2v) is 7.05.